The van der Waals surface area contributed by atoms with Crippen LogP contribution in [0, 0.1) is 5.41 Å². The van der Waals surface area contributed by atoms with Crippen LogP contribution in [0.4, 0.5) is 0 Å². The Bertz CT molecular complexity index is 282. The van der Waals surface area contributed by atoms with Gasteiger partial charge in [-0.1, -0.05) is 20.8 Å². The van der Waals surface area contributed by atoms with Gasteiger partial charge < -0.3 is 19.7 Å². The van der Waals surface area contributed by atoms with E-state index in [0.29, 0.717) is 0 Å². The first-order chi connectivity index (χ1) is 6.82. The number of rotatable bonds is 0. The molecule has 5 heteroatoms. The molecule has 0 aliphatic carbocycles. The molecule has 2 rings (SSSR count). The van der Waals surface area contributed by atoms with E-state index in [0.717, 1.165) is 0 Å². The molecule has 5 nitrogen and oxygen atoms in total. The molecule has 2 aliphatic rings. The van der Waals surface area contributed by atoms with Crippen molar-refractivity contribution in [1.82, 2.24) is 0 Å². The summed E-state index contributed by atoms with van der Waals surface area (Å²) in [5.74, 6) is -0.712. The van der Waals surface area contributed by atoms with Crippen LogP contribution < -0.4 is 0 Å². The lowest BCUT2D eigenvalue weighted by Gasteiger charge is -2.29. The fourth-order valence-corrected chi connectivity index (χ4v) is 2.14. The zero-order valence-electron chi connectivity index (χ0n) is 9.01. The van der Waals surface area contributed by atoms with Gasteiger partial charge in [-0.2, -0.15) is 0 Å². The summed E-state index contributed by atoms with van der Waals surface area (Å²) < 4.78 is 10.4. The maximum Gasteiger partial charge on any atom is 0.338 e. The van der Waals surface area contributed by atoms with Crippen LogP contribution in [-0.4, -0.2) is 46.7 Å². The summed E-state index contributed by atoms with van der Waals surface area (Å²) >= 11 is 0. The quantitative estimate of drug-likeness (QED) is 0.531. The Hall–Kier alpha value is -0.650. The van der Waals surface area contributed by atoms with Crippen LogP contribution in [0.2, 0.25) is 0 Å². The molecule has 0 aromatic carbocycles. The number of carbonyl (C=O) groups excluding carboxylic acids is 1. The molecule has 0 saturated carbocycles. The van der Waals surface area contributed by atoms with Crippen molar-refractivity contribution < 1.29 is 24.5 Å². The highest BCUT2D eigenvalue weighted by Gasteiger charge is 2.58. The van der Waals surface area contributed by atoms with E-state index in [1.165, 1.54) is 0 Å². The van der Waals surface area contributed by atoms with Crippen molar-refractivity contribution >= 4 is 5.97 Å². The van der Waals surface area contributed by atoms with E-state index in [4.69, 9.17) is 9.47 Å². The second-order valence-electron chi connectivity index (χ2n) is 5.22. The van der Waals surface area contributed by atoms with Crippen molar-refractivity contribution in [2.75, 3.05) is 0 Å². The molecular formula is C10H16O5. The van der Waals surface area contributed by atoms with Gasteiger partial charge in [0.1, 0.15) is 12.2 Å². The average molecular weight is 216 g/mol. The lowest BCUT2D eigenvalue weighted by molar-refractivity contribution is -0.155. The lowest BCUT2D eigenvalue weighted by atomic mass is 9.85. The Morgan fingerprint density at radius 3 is 2.27 bits per heavy atom. The molecule has 0 aromatic heterocycles. The lowest BCUT2D eigenvalue weighted by Crippen LogP contribution is -2.39. The maximum atomic E-state index is 11.0. The van der Waals surface area contributed by atoms with E-state index in [2.05, 4.69) is 0 Å². The molecule has 0 spiro atoms. The summed E-state index contributed by atoms with van der Waals surface area (Å²) in [6, 6.07) is 0. The number of hydrogen-bond acceptors (Lipinski definition) is 5. The van der Waals surface area contributed by atoms with E-state index < -0.39 is 36.5 Å². The molecule has 2 fully saturated rings. The standard InChI is InChI=1S/C10H16O5/c1-10(2,3)8-4(11)6-7(14-8)5(12)9(13)15-6/h4-8,11-12H,1-3H3/t4?,5-,6?,7+,8+/m0/s1. The molecule has 2 heterocycles. The first kappa shape index (κ1) is 10.9. The van der Waals surface area contributed by atoms with Crippen LogP contribution in [0.3, 0.4) is 0 Å². The largest absolute Gasteiger partial charge is 0.455 e. The number of fused-ring (bicyclic) bond motifs is 1. The number of esters is 1. The van der Waals surface area contributed by atoms with Crippen LogP contribution in [0.1, 0.15) is 20.8 Å². The first-order valence-corrected chi connectivity index (χ1v) is 5.04. The predicted octanol–water partition coefficient (Wildman–Crippen LogP) is -0.553. The van der Waals surface area contributed by atoms with Gasteiger partial charge >= 0.3 is 5.97 Å². The minimum absolute atomic E-state index is 0.254. The van der Waals surface area contributed by atoms with Crippen molar-refractivity contribution in [3.8, 4) is 0 Å². The number of carbonyl (C=O) groups is 1. The van der Waals surface area contributed by atoms with Crippen molar-refractivity contribution in [3.05, 3.63) is 0 Å². The molecule has 0 aromatic rings. The molecular weight excluding hydrogens is 200 g/mol. The first-order valence-electron chi connectivity index (χ1n) is 5.04. The molecule has 86 valence electrons. The molecule has 2 unspecified atom stereocenters. The highest BCUT2D eigenvalue weighted by atomic mass is 16.6. The smallest absolute Gasteiger partial charge is 0.338 e. The van der Waals surface area contributed by atoms with Gasteiger partial charge in [0.15, 0.2) is 12.2 Å². The predicted molar refractivity (Wildman–Crippen MR) is 50.0 cm³/mol. The Kier molecular flexibility index (Phi) is 2.29. The van der Waals surface area contributed by atoms with Crippen LogP contribution in [0.25, 0.3) is 0 Å². The zero-order chi connectivity index (χ0) is 11.4. The zero-order valence-corrected chi connectivity index (χ0v) is 9.01. The maximum absolute atomic E-state index is 11.0. The third-order valence-electron chi connectivity index (χ3n) is 2.93. The SMILES string of the molecule is CC(C)(C)[C@@H]1O[C@H]2C(OC(=O)[C@H]2O)C1O. The minimum atomic E-state index is -1.27. The Balaban J connectivity index is 2.18. The third kappa shape index (κ3) is 1.55. The number of ether oxygens (including phenoxy) is 2. The van der Waals surface area contributed by atoms with Gasteiger partial charge in [0.05, 0.1) is 6.10 Å². The molecule has 2 saturated heterocycles. The van der Waals surface area contributed by atoms with Gasteiger partial charge in [0.25, 0.3) is 0 Å². The Morgan fingerprint density at radius 1 is 1.20 bits per heavy atom. The summed E-state index contributed by atoms with van der Waals surface area (Å²) in [4.78, 5) is 11.0. The number of hydrogen-bond donors (Lipinski definition) is 2. The summed E-state index contributed by atoms with van der Waals surface area (Å²) in [7, 11) is 0. The van der Waals surface area contributed by atoms with Crippen LogP contribution in [0.5, 0.6) is 0 Å². The van der Waals surface area contributed by atoms with Crippen LogP contribution >= 0.6 is 0 Å². The van der Waals surface area contributed by atoms with E-state index in [9.17, 15) is 15.0 Å². The summed E-state index contributed by atoms with van der Waals surface area (Å²) in [5.41, 5.74) is -0.254. The Labute approximate surface area is 88.0 Å². The fourth-order valence-electron chi connectivity index (χ4n) is 2.14. The van der Waals surface area contributed by atoms with E-state index >= 15 is 0 Å². The molecule has 0 bridgehead atoms. The minimum Gasteiger partial charge on any atom is -0.455 e. The normalized spacial score (nSPS) is 45.4. The number of aliphatic hydroxyl groups excluding tert-OH is 2. The molecule has 2 N–H and O–H groups in total. The highest BCUT2D eigenvalue weighted by molar-refractivity contribution is 5.78. The number of aliphatic hydroxyl groups is 2. The molecule has 0 amide bonds. The Morgan fingerprint density at radius 2 is 1.80 bits per heavy atom. The molecule has 2 aliphatic heterocycles. The van der Waals surface area contributed by atoms with Crippen LogP contribution in [0.15, 0.2) is 0 Å². The monoisotopic (exact) mass is 216 g/mol. The van der Waals surface area contributed by atoms with Gasteiger partial charge in [0.2, 0.25) is 0 Å². The molecule has 0 radical (unpaired) electrons. The summed E-state index contributed by atoms with van der Waals surface area (Å²) in [5, 5.41) is 19.4. The van der Waals surface area contributed by atoms with Crippen molar-refractivity contribution in [1.29, 1.82) is 0 Å². The van der Waals surface area contributed by atoms with E-state index in [-0.39, 0.29) is 5.41 Å². The second kappa shape index (κ2) is 3.17. The van der Waals surface area contributed by atoms with Crippen molar-refractivity contribution in [3.63, 3.8) is 0 Å². The van der Waals surface area contributed by atoms with Gasteiger partial charge in [-0.15, -0.1) is 0 Å². The van der Waals surface area contributed by atoms with Gasteiger partial charge in [-0.05, 0) is 5.41 Å². The summed E-state index contributed by atoms with van der Waals surface area (Å²) in [6.07, 6.45) is -4.00. The fraction of sp³-hybridized carbons (Fsp3) is 0.900. The average Bonchev–Trinajstić information content (AvgIpc) is 2.54. The van der Waals surface area contributed by atoms with Gasteiger partial charge in [-0.3, -0.25) is 0 Å². The molecule has 5 atom stereocenters. The van der Waals surface area contributed by atoms with Gasteiger partial charge in [-0.25, -0.2) is 4.79 Å². The second-order valence-corrected chi connectivity index (χ2v) is 5.22. The third-order valence-corrected chi connectivity index (χ3v) is 2.93. The van der Waals surface area contributed by atoms with E-state index in [1.807, 2.05) is 20.8 Å². The van der Waals surface area contributed by atoms with Crippen LogP contribution in [-0.2, 0) is 14.3 Å². The van der Waals surface area contributed by atoms with E-state index in [1.54, 1.807) is 0 Å². The van der Waals surface area contributed by atoms with Crippen molar-refractivity contribution in [2.24, 2.45) is 5.41 Å². The highest BCUT2D eigenvalue weighted by Crippen LogP contribution is 2.39. The topological polar surface area (TPSA) is 76.0 Å². The summed E-state index contributed by atoms with van der Waals surface area (Å²) in [6.45, 7) is 5.78. The molecule has 15 heavy (non-hydrogen) atoms. The van der Waals surface area contributed by atoms with Gasteiger partial charge in [0, 0.05) is 0 Å². The van der Waals surface area contributed by atoms with Crippen molar-refractivity contribution in [2.45, 2.75) is 51.3 Å².